The summed E-state index contributed by atoms with van der Waals surface area (Å²) in [5.74, 6) is 0.525. The van der Waals surface area contributed by atoms with Crippen LogP contribution < -0.4 is 10.5 Å². The molecule has 2 heterocycles. The summed E-state index contributed by atoms with van der Waals surface area (Å²) in [4.78, 5) is 37.0. The van der Waals surface area contributed by atoms with Gasteiger partial charge in [0.15, 0.2) is 5.13 Å². The minimum absolute atomic E-state index is 0.0998. The Morgan fingerprint density at radius 3 is 2.44 bits per heavy atom. The van der Waals surface area contributed by atoms with Crippen LogP contribution in [0.1, 0.15) is 36.8 Å². The molecule has 0 spiro atoms. The molecule has 2 aromatic carbocycles. The number of anilines is 1. The molecule has 9 nitrogen and oxygen atoms in total. The van der Waals surface area contributed by atoms with Crippen molar-refractivity contribution < 1.29 is 22.9 Å². The van der Waals surface area contributed by atoms with Gasteiger partial charge in [0.1, 0.15) is 11.3 Å². The van der Waals surface area contributed by atoms with Crippen molar-refractivity contribution in [1.29, 1.82) is 0 Å². The van der Waals surface area contributed by atoms with E-state index >= 15 is 0 Å². The van der Waals surface area contributed by atoms with E-state index in [-0.39, 0.29) is 9.83 Å². The van der Waals surface area contributed by atoms with Crippen LogP contribution in [0.2, 0.25) is 5.02 Å². The number of non-ortho nitro benzene ring substituents is 1. The van der Waals surface area contributed by atoms with Gasteiger partial charge in [-0.2, -0.15) is 18.2 Å². The van der Waals surface area contributed by atoms with Crippen LogP contribution in [0, 0.1) is 16.0 Å². The van der Waals surface area contributed by atoms with E-state index in [0.29, 0.717) is 42.8 Å². The zero-order chi connectivity index (χ0) is 29.1. The molecule has 1 saturated carbocycles. The van der Waals surface area contributed by atoms with Crippen LogP contribution in [0.15, 0.2) is 46.3 Å². The molecule has 41 heavy (non-hydrogen) atoms. The van der Waals surface area contributed by atoms with Gasteiger partial charge >= 0.3 is 6.18 Å². The lowest BCUT2D eigenvalue weighted by molar-refractivity contribution is -0.383. The Morgan fingerprint density at radius 1 is 1.12 bits per heavy atom. The minimum Gasteiger partial charge on any atom is -0.391 e. The summed E-state index contributed by atoms with van der Waals surface area (Å²) in [5, 5.41) is 16.4. The molecule has 218 valence electrons. The molecule has 0 N–H and O–H groups in total. The average Bonchev–Trinajstić information content (AvgIpc) is 2.94. The first kappa shape index (κ1) is 29.2. The van der Waals surface area contributed by atoms with E-state index in [4.69, 9.17) is 16.4 Å². The molecule has 2 aliphatic rings. The summed E-state index contributed by atoms with van der Waals surface area (Å²) in [6.07, 6.45) is -1.02. The van der Waals surface area contributed by atoms with Gasteiger partial charge in [0.2, 0.25) is 0 Å². The molecular weight excluding hydrogens is 583 g/mol. The number of nitrogens with zero attached hydrogens (tertiary/aromatic N) is 5. The average molecular weight is 610 g/mol. The standard InChI is InChI=1S/C27H27ClF3N5O4S/c28-20-5-1-18(2-6-20)16-40-33-21-7-3-17(4-8-21)15-34-9-11-35(12-10-34)26-32-25(37)22-13-19(27(29,30)31)14-23(36(38)39)24(22)41-26/h1-2,5-6,13-14,17H,3-4,7-12,15-16H2. The van der Waals surface area contributed by atoms with Gasteiger partial charge in [-0.15, -0.1) is 0 Å². The number of aromatic nitrogens is 1. The molecule has 2 fully saturated rings. The van der Waals surface area contributed by atoms with Crippen molar-refractivity contribution in [2.45, 2.75) is 38.5 Å². The highest BCUT2D eigenvalue weighted by Gasteiger charge is 2.34. The number of nitro groups is 1. The van der Waals surface area contributed by atoms with Crippen molar-refractivity contribution in [2.75, 3.05) is 37.6 Å². The van der Waals surface area contributed by atoms with E-state index in [2.05, 4.69) is 15.0 Å². The summed E-state index contributed by atoms with van der Waals surface area (Å²) in [5.41, 5.74) is -0.812. The summed E-state index contributed by atoms with van der Waals surface area (Å²) < 4.78 is 39.6. The first-order valence-electron chi connectivity index (χ1n) is 13.2. The van der Waals surface area contributed by atoms with Crippen LogP contribution >= 0.6 is 22.9 Å². The van der Waals surface area contributed by atoms with Crippen molar-refractivity contribution in [3.05, 3.63) is 73.0 Å². The van der Waals surface area contributed by atoms with Crippen LogP contribution in [0.25, 0.3) is 10.1 Å². The molecule has 1 aliphatic carbocycles. The van der Waals surface area contributed by atoms with E-state index < -0.39 is 33.3 Å². The zero-order valence-electron chi connectivity index (χ0n) is 21.9. The fraction of sp³-hybridized carbons (Fsp3) is 0.444. The largest absolute Gasteiger partial charge is 0.416 e. The first-order chi connectivity index (χ1) is 19.6. The van der Waals surface area contributed by atoms with Gasteiger partial charge in [-0.25, -0.2) is 0 Å². The van der Waals surface area contributed by atoms with Gasteiger partial charge < -0.3 is 9.74 Å². The Bertz CT molecular complexity index is 1500. The SMILES string of the molecule is O=c1nc(N2CCN(CC3CCC(=NOCc4ccc(Cl)cc4)CC3)CC2)sc2c([N+](=O)[O-])cc(C(F)(F)F)cc12. The topological polar surface area (TPSA) is 101 Å². The third-order valence-electron chi connectivity index (χ3n) is 7.39. The summed E-state index contributed by atoms with van der Waals surface area (Å²) in [6, 6.07) is 8.58. The molecule has 0 radical (unpaired) electrons. The van der Waals surface area contributed by atoms with Crippen LogP contribution in [-0.4, -0.2) is 53.2 Å². The number of rotatable bonds is 7. The quantitative estimate of drug-likeness (QED) is 0.235. The van der Waals surface area contributed by atoms with Crippen molar-refractivity contribution in [3.8, 4) is 0 Å². The third kappa shape index (κ3) is 7.14. The van der Waals surface area contributed by atoms with E-state index in [1.54, 1.807) is 0 Å². The highest BCUT2D eigenvalue weighted by atomic mass is 35.5. The highest BCUT2D eigenvalue weighted by Crippen LogP contribution is 2.38. The molecule has 14 heteroatoms. The number of benzene rings is 2. The molecule has 0 atom stereocenters. The number of alkyl halides is 3. The molecule has 3 aromatic rings. The molecule has 1 aliphatic heterocycles. The number of halogens is 4. The Balaban J connectivity index is 1.15. The fourth-order valence-electron chi connectivity index (χ4n) is 5.13. The Hall–Kier alpha value is -3.29. The molecule has 1 saturated heterocycles. The van der Waals surface area contributed by atoms with Crippen LogP contribution in [0.5, 0.6) is 0 Å². The van der Waals surface area contributed by atoms with E-state index in [1.807, 2.05) is 29.2 Å². The number of nitro benzene ring substituents is 1. The molecule has 0 unspecified atom stereocenters. The first-order valence-corrected chi connectivity index (χ1v) is 14.4. The Labute approximate surface area is 242 Å². The maximum atomic E-state index is 13.2. The van der Waals surface area contributed by atoms with Gasteiger partial charge in [0.25, 0.3) is 11.2 Å². The van der Waals surface area contributed by atoms with Crippen molar-refractivity contribution in [3.63, 3.8) is 0 Å². The zero-order valence-corrected chi connectivity index (χ0v) is 23.5. The lowest BCUT2D eigenvalue weighted by atomic mass is 9.87. The van der Waals surface area contributed by atoms with Gasteiger partial charge in [-0.05, 0) is 55.4 Å². The smallest absolute Gasteiger partial charge is 0.391 e. The highest BCUT2D eigenvalue weighted by molar-refractivity contribution is 7.22. The predicted octanol–water partition coefficient (Wildman–Crippen LogP) is 6.12. The van der Waals surface area contributed by atoms with E-state index in [0.717, 1.165) is 67.9 Å². The maximum Gasteiger partial charge on any atom is 0.416 e. The number of hydrogen-bond acceptors (Lipinski definition) is 9. The fourth-order valence-corrected chi connectivity index (χ4v) is 6.37. The second-order valence-electron chi connectivity index (χ2n) is 10.2. The second kappa shape index (κ2) is 12.3. The number of fused-ring (bicyclic) bond motifs is 1. The summed E-state index contributed by atoms with van der Waals surface area (Å²) >= 11 is 6.79. The van der Waals surface area contributed by atoms with Crippen LogP contribution in [-0.2, 0) is 17.6 Å². The summed E-state index contributed by atoms with van der Waals surface area (Å²) in [6.45, 7) is 3.88. The Kier molecular flexibility index (Phi) is 8.76. The number of piperazine rings is 1. The van der Waals surface area contributed by atoms with Crippen LogP contribution in [0.3, 0.4) is 0 Å². The lowest BCUT2D eigenvalue weighted by Crippen LogP contribution is -2.48. The van der Waals surface area contributed by atoms with E-state index in [1.165, 1.54) is 0 Å². The maximum absolute atomic E-state index is 13.2. The van der Waals surface area contributed by atoms with Gasteiger partial charge in [0.05, 0.1) is 21.6 Å². The molecule has 5 rings (SSSR count). The monoisotopic (exact) mass is 609 g/mol. The number of oxime groups is 1. The lowest BCUT2D eigenvalue weighted by Gasteiger charge is -2.37. The Morgan fingerprint density at radius 2 is 1.80 bits per heavy atom. The molecule has 1 aromatic heterocycles. The van der Waals surface area contributed by atoms with E-state index in [9.17, 15) is 28.1 Å². The van der Waals surface area contributed by atoms with Crippen LogP contribution in [0.4, 0.5) is 24.0 Å². The third-order valence-corrected chi connectivity index (χ3v) is 8.81. The van der Waals surface area contributed by atoms with Gasteiger partial charge in [0, 0.05) is 43.8 Å². The van der Waals surface area contributed by atoms with Gasteiger partial charge in [-0.3, -0.25) is 19.8 Å². The molecule has 0 amide bonds. The van der Waals surface area contributed by atoms with Crippen molar-refractivity contribution in [1.82, 2.24) is 9.88 Å². The van der Waals surface area contributed by atoms with Gasteiger partial charge in [-0.1, -0.05) is 40.2 Å². The second-order valence-corrected chi connectivity index (χ2v) is 11.6. The predicted molar refractivity (Wildman–Crippen MR) is 152 cm³/mol. The number of hydrogen-bond donors (Lipinski definition) is 0. The van der Waals surface area contributed by atoms with Crippen molar-refractivity contribution >= 4 is 49.6 Å². The molecular formula is C27H27ClF3N5O4S. The normalized spacial score (nSPS) is 18.5. The van der Waals surface area contributed by atoms with Crippen molar-refractivity contribution in [2.24, 2.45) is 11.1 Å². The summed E-state index contributed by atoms with van der Waals surface area (Å²) in [7, 11) is 0. The minimum atomic E-state index is -4.82. The molecule has 0 bridgehead atoms.